The summed E-state index contributed by atoms with van der Waals surface area (Å²) in [5.74, 6) is -2.69. The summed E-state index contributed by atoms with van der Waals surface area (Å²) in [5, 5.41) is 22.3. The van der Waals surface area contributed by atoms with Gasteiger partial charge < -0.3 is 64.1 Å². The van der Waals surface area contributed by atoms with E-state index in [1.54, 1.807) is 131 Å². The normalized spacial score (nSPS) is 12.2. The smallest absolute Gasteiger partial charge is 0.292 e. The predicted octanol–water partition coefficient (Wildman–Crippen LogP) is 4.08. The number of imidazole rings is 3. The van der Waals surface area contributed by atoms with Crippen molar-refractivity contribution >= 4 is 75.4 Å². The molecule has 0 bridgehead atoms. The van der Waals surface area contributed by atoms with Crippen molar-refractivity contribution in [2.24, 2.45) is 60.1 Å². The summed E-state index contributed by atoms with van der Waals surface area (Å²) in [4.78, 5) is 122. The minimum Gasteiger partial charge on any atom is -0.505 e. The molecule has 0 unspecified atom stereocenters. The maximum atomic E-state index is 13.7. The number of Topliss-reactive ketones (excluding diaryl/α,β-unsaturated/α-hetero) is 4. The van der Waals surface area contributed by atoms with Crippen LogP contribution in [-0.4, -0.2) is 117 Å². The Balaban J connectivity index is 0.730. The number of rotatable bonds is 22. The minimum absolute atomic E-state index is 0.00151. The molecule has 25 heteroatoms. The molecule has 1 aliphatic rings. The van der Waals surface area contributed by atoms with Crippen LogP contribution in [0.3, 0.4) is 0 Å². The molecular formula is C56H60N16O9. The maximum absolute atomic E-state index is 13.7. The summed E-state index contributed by atoms with van der Waals surface area (Å²) in [5.41, 5.74) is 12.3. The van der Waals surface area contributed by atoms with Gasteiger partial charge in [-0.25, -0.2) is 15.0 Å². The van der Waals surface area contributed by atoms with E-state index in [0.29, 0.717) is 63.8 Å². The summed E-state index contributed by atoms with van der Waals surface area (Å²) in [6.07, 6.45) is 13.3. The van der Waals surface area contributed by atoms with Gasteiger partial charge in [-0.2, -0.15) is 0 Å². The number of benzene rings is 1. The Kier molecular flexibility index (Phi) is 15.6. The molecule has 81 heavy (non-hydrogen) atoms. The van der Waals surface area contributed by atoms with Crippen LogP contribution in [0.2, 0.25) is 0 Å². The molecule has 8 aromatic rings. The Labute approximate surface area is 463 Å². The van der Waals surface area contributed by atoms with Crippen molar-refractivity contribution in [1.82, 2.24) is 52.2 Å². The number of aryl methyl sites for hydroxylation is 7. The van der Waals surface area contributed by atoms with Crippen LogP contribution in [0.25, 0.3) is 0 Å². The molecule has 1 aromatic carbocycles. The lowest BCUT2D eigenvalue weighted by Crippen LogP contribution is -2.36. The van der Waals surface area contributed by atoms with Crippen LogP contribution in [0.5, 0.6) is 5.75 Å². The average Bonchev–Trinajstić information content (AvgIpc) is 4.48. The van der Waals surface area contributed by atoms with Crippen LogP contribution in [0.1, 0.15) is 122 Å². The second-order valence-corrected chi connectivity index (χ2v) is 20.1. The van der Waals surface area contributed by atoms with Gasteiger partial charge in [-0.15, -0.1) is 0 Å². The molecule has 0 saturated heterocycles. The van der Waals surface area contributed by atoms with Crippen LogP contribution in [0.15, 0.2) is 91.0 Å². The number of aliphatic imine (C=N–C) groups is 1. The van der Waals surface area contributed by atoms with Gasteiger partial charge in [0.25, 0.3) is 23.6 Å². The van der Waals surface area contributed by atoms with E-state index in [9.17, 15) is 43.5 Å². The third-order valence-corrected chi connectivity index (χ3v) is 13.9. The molecule has 418 valence electrons. The van der Waals surface area contributed by atoms with Gasteiger partial charge in [-0.05, 0) is 53.9 Å². The lowest BCUT2D eigenvalue weighted by molar-refractivity contribution is -0.119. The van der Waals surface area contributed by atoms with Crippen molar-refractivity contribution in [2.75, 3.05) is 22.5 Å². The van der Waals surface area contributed by atoms with Crippen molar-refractivity contribution in [3.63, 3.8) is 0 Å². The molecule has 0 saturated carbocycles. The average molecular weight is 1100 g/mol. The Morgan fingerprint density at radius 2 is 1.30 bits per heavy atom. The van der Waals surface area contributed by atoms with E-state index in [1.165, 1.54) is 42.8 Å². The summed E-state index contributed by atoms with van der Waals surface area (Å²) < 4.78 is 11.0. The minimum atomic E-state index is -0.973. The van der Waals surface area contributed by atoms with E-state index in [0.717, 1.165) is 11.1 Å². The number of aromatic nitrogens is 10. The first-order chi connectivity index (χ1) is 38.5. The van der Waals surface area contributed by atoms with E-state index in [1.807, 2.05) is 0 Å². The summed E-state index contributed by atoms with van der Waals surface area (Å²) in [7, 11) is 11.7. The highest BCUT2D eigenvalue weighted by Crippen LogP contribution is 2.35. The summed E-state index contributed by atoms with van der Waals surface area (Å²) in [6, 6.07) is 9.03. The van der Waals surface area contributed by atoms with Crippen molar-refractivity contribution in [2.45, 2.75) is 51.5 Å². The third kappa shape index (κ3) is 11.9. The highest BCUT2D eigenvalue weighted by atomic mass is 16.3. The number of fused-ring (bicyclic) bond motifs is 1. The molecule has 25 nitrogen and oxygen atoms in total. The second kappa shape index (κ2) is 22.7. The molecule has 7 aromatic heterocycles. The molecule has 1 aliphatic heterocycles. The van der Waals surface area contributed by atoms with Crippen LogP contribution in [-0.2, 0) is 79.8 Å². The monoisotopic (exact) mass is 1100 g/mol. The number of anilines is 3. The van der Waals surface area contributed by atoms with Crippen molar-refractivity contribution < 1.29 is 43.5 Å². The molecule has 4 amide bonds. The van der Waals surface area contributed by atoms with Gasteiger partial charge in [0, 0.05) is 142 Å². The first-order valence-corrected chi connectivity index (χ1v) is 25.7. The Morgan fingerprint density at radius 1 is 0.630 bits per heavy atom. The first kappa shape index (κ1) is 55.7. The Hall–Kier alpha value is -10.0. The van der Waals surface area contributed by atoms with Gasteiger partial charge in [0.2, 0.25) is 11.6 Å². The largest absolute Gasteiger partial charge is 0.505 e. The predicted molar refractivity (Wildman–Crippen MR) is 297 cm³/mol. The Morgan fingerprint density at radius 3 is 1.99 bits per heavy atom. The molecule has 7 N–H and O–H groups in total. The molecule has 1 atom stereocenters. The van der Waals surface area contributed by atoms with Crippen LogP contribution < -0.4 is 27.0 Å². The fraction of sp³-hybridized carbons (Fsp3) is 0.286. The van der Waals surface area contributed by atoms with Crippen LogP contribution in [0.4, 0.5) is 22.9 Å². The topological polar surface area (TPSA) is 316 Å². The molecule has 9 rings (SSSR count). The fourth-order valence-corrected chi connectivity index (χ4v) is 9.76. The van der Waals surface area contributed by atoms with Crippen molar-refractivity contribution in [3.8, 4) is 5.75 Å². The molecule has 0 aliphatic carbocycles. The molecule has 0 spiro atoms. The van der Waals surface area contributed by atoms with Gasteiger partial charge in [0.15, 0.2) is 34.8 Å². The quantitative estimate of drug-likeness (QED) is 0.0522. The van der Waals surface area contributed by atoms with Gasteiger partial charge in [-0.3, -0.25) is 43.3 Å². The number of nitrogens with zero attached hydrogens (tertiary/aromatic N) is 11. The highest BCUT2D eigenvalue weighted by Gasteiger charge is 2.28. The lowest BCUT2D eigenvalue weighted by Gasteiger charge is -2.11. The number of hydrogen-bond acceptors (Lipinski definition) is 14. The SMILES string of the molecule is CCC(=O)c1cc(CC(=O)c2ccc3c(c2)CC(c2c(O)c(CC(=O)c4nc(CC(=O)[C@H](N)CCNC(=O)c5cc(NC(=O)c6cc(NC(=O)c7nc(NC(=O)c8nccn8C)cn7C)cn6C)cn5C)cn4C)cn2C)=N3)cn1C. The number of nitrogens with two attached hydrogens (primary N) is 1. The van der Waals surface area contributed by atoms with Gasteiger partial charge >= 0.3 is 0 Å². The number of amides is 4. The molecule has 8 heterocycles. The standard InChI is InChI=1S/C56H60N16O9/c1-9-43(73)40-16-30(24-67(40)3)17-44(74)31-10-11-38-32(18-31)19-39(63-38)48-49(77)33(25-70(48)6)20-46(76)50-60-36(28-71(50)7)23-45(75)37(57)12-13-59-53(78)41-21-34(26-68(41)4)61-54(79)42-22-35(27-69(42)5)62-56(81)52-64-47(29-72(52)8)65-55(80)51-58-14-15-66(51)2/h10-11,14-16,18,21-22,24-29,37,77H,9,12-13,17,19-20,23,57H2,1-8H3,(H,59,78)(H,61,79)(H,62,81)(H,65,80)/t37-/m1/s1. The number of hydrogen-bond donors (Lipinski definition) is 6. The van der Waals surface area contributed by atoms with Gasteiger partial charge in [0.05, 0.1) is 46.6 Å². The van der Waals surface area contributed by atoms with E-state index in [-0.39, 0.29) is 90.0 Å². The van der Waals surface area contributed by atoms with E-state index in [2.05, 4.69) is 36.2 Å². The number of nitrogens with one attached hydrogen (secondary N) is 4. The molecule has 0 radical (unpaired) electrons. The van der Waals surface area contributed by atoms with Gasteiger partial charge in [-0.1, -0.05) is 6.92 Å². The van der Waals surface area contributed by atoms with Crippen molar-refractivity contribution in [1.29, 1.82) is 0 Å². The van der Waals surface area contributed by atoms with Crippen molar-refractivity contribution in [3.05, 3.63) is 154 Å². The zero-order valence-electron chi connectivity index (χ0n) is 45.8. The summed E-state index contributed by atoms with van der Waals surface area (Å²) in [6.45, 7) is 1.84. The molecule has 0 fully saturated rings. The zero-order chi connectivity index (χ0) is 58.1. The number of ketones is 4. The lowest BCUT2D eigenvalue weighted by atomic mass is 9.99. The van der Waals surface area contributed by atoms with Crippen LogP contribution in [0, 0.1) is 0 Å². The highest BCUT2D eigenvalue weighted by molar-refractivity contribution is 6.10. The zero-order valence-corrected chi connectivity index (χ0v) is 45.8. The number of carbonyl (C=O) groups excluding carboxylic acids is 8. The van der Waals surface area contributed by atoms with E-state index >= 15 is 0 Å². The Bertz CT molecular complexity index is 3910. The third-order valence-electron chi connectivity index (χ3n) is 13.9. The first-order valence-electron chi connectivity index (χ1n) is 25.7. The van der Waals surface area contributed by atoms with E-state index in [4.69, 9.17) is 10.7 Å². The van der Waals surface area contributed by atoms with Crippen LogP contribution >= 0.6 is 0 Å². The van der Waals surface area contributed by atoms with E-state index < -0.39 is 35.5 Å². The number of aromatic hydroxyl groups is 1. The molecular weight excluding hydrogens is 1040 g/mol. The maximum Gasteiger partial charge on any atom is 0.292 e. The number of carbonyl (C=O) groups is 8. The second-order valence-electron chi connectivity index (χ2n) is 20.1. The van der Waals surface area contributed by atoms with Gasteiger partial charge in [0.1, 0.15) is 22.8 Å². The fourth-order valence-electron chi connectivity index (χ4n) is 9.76. The summed E-state index contributed by atoms with van der Waals surface area (Å²) >= 11 is 0.